The van der Waals surface area contributed by atoms with Gasteiger partial charge in [0.1, 0.15) is 0 Å². The number of carbonyl (C=O) groups is 2. The fourth-order valence-corrected chi connectivity index (χ4v) is 2.24. The number of benzene rings is 2. The first kappa shape index (κ1) is 18.4. The van der Waals surface area contributed by atoms with Crippen molar-refractivity contribution >= 4 is 52.6 Å². The summed E-state index contributed by atoms with van der Waals surface area (Å²) in [4.78, 5) is 33.4. The highest BCUT2D eigenvalue weighted by atomic mass is 35.5. The number of nitro groups is 1. The Morgan fingerprint density at radius 3 is 2.20 bits per heavy atom. The van der Waals surface area contributed by atoms with Crippen molar-refractivity contribution in [2.75, 3.05) is 5.32 Å². The molecule has 0 saturated carbocycles. The summed E-state index contributed by atoms with van der Waals surface area (Å²) in [7, 11) is 0. The van der Waals surface area contributed by atoms with E-state index >= 15 is 0 Å². The van der Waals surface area contributed by atoms with Crippen molar-refractivity contribution in [3.05, 3.63) is 68.2 Å². The lowest BCUT2D eigenvalue weighted by atomic mass is 10.2. The highest BCUT2D eigenvalue weighted by molar-refractivity contribution is 6.40. The molecule has 2 aromatic rings. The van der Waals surface area contributed by atoms with E-state index < -0.39 is 16.7 Å². The minimum atomic E-state index is -1.01. The number of rotatable bonds is 4. The molecule has 0 aromatic heterocycles. The molecule has 0 bridgehead atoms. The largest absolute Gasteiger partial charge is 0.329 e. The Kier molecular flexibility index (Phi) is 6.04. The van der Waals surface area contributed by atoms with Crippen LogP contribution in [0.5, 0.6) is 0 Å². The smallest absolute Gasteiger partial charge is 0.318 e. The molecule has 0 unspecified atom stereocenters. The lowest BCUT2D eigenvalue weighted by Gasteiger charge is -2.05. The monoisotopic (exact) mass is 380 g/mol. The summed E-state index contributed by atoms with van der Waals surface area (Å²) in [6, 6.07) is 9.81. The molecule has 2 aromatic carbocycles. The molecule has 0 atom stereocenters. The first-order valence-electron chi connectivity index (χ1n) is 6.70. The number of hydrogen-bond acceptors (Lipinski definition) is 5. The van der Waals surface area contributed by atoms with Gasteiger partial charge in [-0.2, -0.15) is 5.10 Å². The molecule has 0 radical (unpaired) electrons. The molecule has 0 saturated heterocycles. The van der Waals surface area contributed by atoms with Gasteiger partial charge in [-0.15, -0.1) is 0 Å². The van der Waals surface area contributed by atoms with Crippen LogP contribution in [-0.2, 0) is 9.59 Å². The molecule has 2 amide bonds. The SMILES string of the molecule is O=C(N/N=C\c1ccc([N+](=O)[O-])cc1)C(=O)Nc1cc(Cl)cc(Cl)c1. The van der Waals surface area contributed by atoms with Gasteiger partial charge in [-0.05, 0) is 35.9 Å². The second-order valence-electron chi connectivity index (χ2n) is 4.66. The average molecular weight is 381 g/mol. The van der Waals surface area contributed by atoms with E-state index in [9.17, 15) is 19.7 Å². The van der Waals surface area contributed by atoms with E-state index in [1.807, 2.05) is 5.43 Å². The summed E-state index contributed by atoms with van der Waals surface area (Å²) in [5.74, 6) is -1.96. The topological polar surface area (TPSA) is 114 Å². The molecule has 0 aliphatic carbocycles. The van der Waals surface area contributed by atoms with Crippen LogP contribution >= 0.6 is 23.2 Å². The standard InChI is InChI=1S/C15H10Cl2N4O4/c16-10-5-11(17)7-12(6-10)19-14(22)15(23)20-18-8-9-1-3-13(4-2-9)21(24)25/h1-8H,(H,19,22)(H,20,23)/b18-8-. The number of hydrogen-bond donors (Lipinski definition) is 2. The van der Waals surface area contributed by atoms with Crippen LogP contribution in [0.25, 0.3) is 0 Å². The van der Waals surface area contributed by atoms with E-state index in [-0.39, 0.29) is 11.4 Å². The molecule has 10 heteroatoms. The van der Waals surface area contributed by atoms with E-state index in [0.717, 1.165) is 0 Å². The van der Waals surface area contributed by atoms with Crippen molar-refractivity contribution in [2.24, 2.45) is 5.10 Å². The van der Waals surface area contributed by atoms with E-state index in [1.54, 1.807) is 0 Å². The Balaban J connectivity index is 1.92. The Morgan fingerprint density at radius 1 is 1.04 bits per heavy atom. The van der Waals surface area contributed by atoms with Crippen LogP contribution in [0.3, 0.4) is 0 Å². The fourth-order valence-electron chi connectivity index (χ4n) is 1.71. The van der Waals surface area contributed by atoms with Gasteiger partial charge >= 0.3 is 11.8 Å². The van der Waals surface area contributed by atoms with Gasteiger partial charge in [-0.3, -0.25) is 19.7 Å². The van der Waals surface area contributed by atoms with Gasteiger partial charge in [-0.1, -0.05) is 23.2 Å². The summed E-state index contributed by atoms with van der Waals surface area (Å²) in [6.45, 7) is 0. The van der Waals surface area contributed by atoms with Gasteiger partial charge in [-0.25, -0.2) is 5.43 Å². The van der Waals surface area contributed by atoms with Crippen molar-refractivity contribution in [2.45, 2.75) is 0 Å². The number of nitrogens with one attached hydrogen (secondary N) is 2. The van der Waals surface area contributed by atoms with Gasteiger partial charge in [0, 0.05) is 27.9 Å². The lowest BCUT2D eigenvalue weighted by molar-refractivity contribution is -0.384. The summed E-state index contributed by atoms with van der Waals surface area (Å²) < 4.78 is 0. The zero-order valence-corrected chi connectivity index (χ0v) is 13.9. The maximum atomic E-state index is 11.7. The number of amides is 2. The van der Waals surface area contributed by atoms with E-state index in [4.69, 9.17) is 23.2 Å². The van der Waals surface area contributed by atoms with Gasteiger partial charge in [0.05, 0.1) is 11.1 Å². The van der Waals surface area contributed by atoms with Crippen LogP contribution in [0, 0.1) is 10.1 Å². The summed E-state index contributed by atoms with van der Waals surface area (Å²) in [6.07, 6.45) is 1.24. The van der Waals surface area contributed by atoms with Crippen LogP contribution in [0.1, 0.15) is 5.56 Å². The van der Waals surface area contributed by atoms with Gasteiger partial charge in [0.15, 0.2) is 0 Å². The van der Waals surface area contributed by atoms with Gasteiger partial charge in [0.25, 0.3) is 5.69 Å². The van der Waals surface area contributed by atoms with Crippen LogP contribution in [0.15, 0.2) is 47.6 Å². The summed E-state index contributed by atoms with van der Waals surface area (Å²) in [5.41, 5.74) is 2.74. The number of anilines is 1. The van der Waals surface area contributed by atoms with E-state index in [0.29, 0.717) is 15.6 Å². The Hall–Kier alpha value is -2.97. The molecule has 2 N–H and O–H groups in total. The highest BCUT2D eigenvalue weighted by Crippen LogP contribution is 2.22. The number of carbonyl (C=O) groups excluding carboxylic acids is 2. The van der Waals surface area contributed by atoms with Crippen molar-refractivity contribution < 1.29 is 14.5 Å². The second kappa shape index (κ2) is 8.22. The third-order valence-corrected chi connectivity index (χ3v) is 3.25. The molecule has 0 fully saturated rings. The van der Waals surface area contributed by atoms with E-state index in [1.165, 1.54) is 48.7 Å². The zero-order valence-electron chi connectivity index (χ0n) is 12.4. The predicted octanol–water partition coefficient (Wildman–Crippen LogP) is 2.99. The highest BCUT2D eigenvalue weighted by Gasteiger charge is 2.13. The average Bonchev–Trinajstić information content (AvgIpc) is 2.54. The Morgan fingerprint density at radius 2 is 1.64 bits per heavy atom. The van der Waals surface area contributed by atoms with Crippen molar-refractivity contribution in [3.63, 3.8) is 0 Å². The van der Waals surface area contributed by atoms with Crippen molar-refractivity contribution in [1.82, 2.24) is 5.43 Å². The zero-order chi connectivity index (χ0) is 18.4. The van der Waals surface area contributed by atoms with Crippen molar-refractivity contribution in [3.8, 4) is 0 Å². The Labute approximate surface area is 151 Å². The maximum Gasteiger partial charge on any atom is 0.329 e. The van der Waals surface area contributed by atoms with Gasteiger partial charge in [0.2, 0.25) is 0 Å². The number of hydrazone groups is 1. The molecule has 2 rings (SSSR count). The summed E-state index contributed by atoms with van der Waals surface area (Å²) >= 11 is 11.6. The molecule has 8 nitrogen and oxygen atoms in total. The third kappa shape index (κ3) is 5.55. The molecule has 0 spiro atoms. The predicted molar refractivity (Wildman–Crippen MR) is 93.9 cm³/mol. The molecule has 0 aliphatic rings. The first-order chi connectivity index (χ1) is 11.8. The Bertz CT molecular complexity index is 833. The number of nitro benzene ring substituents is 1. The molecule has 128 valence electrons. The van der Waals surface area contributed by atoms with Crippen LogP contribution in [0.2, 0.25) is 10.0 Å². The number of halogens is 2. The van der Waals surface area contributed by atoms with Gasteiger partial charge < -0.3 is 5.32 Å². The normalized spacial score (nSPS) is 10.5. The fraction of sp³-hybridized carbons (Fsp3) is 0. The van der Waals surface area contributed by atoms with Crippen molar-refractivity contribution in [1.29, 1.82) is 0 Å². The number of non-ortho nitro benzene ring substituents is 1. The maximum absolute atomic E-state index is 11.7. The number of nitrogens with zero attached hydrogens (tertiary/aromatic N) is 2. The van der Waals surface area contributed by atoms with Crippen LogP contribution < -0.4 is 10.7 Å². The first-order valence-corrected chi connectivity index (χ1v) is 7.45. The van der Waals surface area contributed by atoms with E-state index in [2.05, 4.69) is 10.4 Å². The van der Waals surface area contributed by atoms with Crippen LogP contribution in [0.4, 0.5) is 11.4 Å². The minimum absolute atomic E-state index is 0.0688. The molecule has 0 aliphatic heterocycles. The summed E-state index contributed by atoms with van der Waals surface area (Å²) in [5, 5.41) is 17.1. The second-order valence-corrected chi connectivity index (χ2v) is 5.53. The molecular formula is C15H10Cl2N4O4. The molecule has 25 heavy (non-hydrogen) atoms. The minimum Gasteiger partial charge on any atom is -0.318 e. The quantitative estimate of drug-likeness (QED) is 0.367. The lowest BCUT2D eigenvalue weighted by Crippen LogP contribution is -2.32. The molecule has 0 heterocycles. The molecular weight excluding hydrogens is 371 g/mol. The third-order valence-electron chi connectivity index (χ3n) is 2.81. The van der Waals surface area contributed by atoms with Crippen LogP contribution in [-0.4, -0.2) is 23.0 Å².